The van der Waals surface area contributed by atoms with Crippen LogP contribution in [0.5, 0.6) is 0 Å². The lowest BCUT2D eigenvalue weighted by molar-refractivity contribution is 0.596. The Labute approximate surface area is 131 Å². The van der Waals surface area contributed by atoms with Crippen molar-refractivity contribution in [3.05, 3.63) is 58.3 Å². The molecule has 0 heterocycles. The molecule has 7 heteroatoms. The van der Waals surface area contributed by atoms with E-state index in [1.165, 1.54) is 24.3 Å². The van der Waals surface area contributed by atoms with Gasteiger partial charge < -0.3 is 5.32 Å². The highest BCUT2D eigenvalue weighted by Gasteiger charge is 2.19. The predicted octanol–water partition coefficient (Wildman–Crippen LogP) is 3.11. The van der Waals surface area contributed by atoms with Crippen molar-refractivity contribution in [2.75, 3.05) is 11.8 Å². The smallest absolute Gasteiger partial charge is 0.262 e. The molecule has 0 unspecified atom stereocenters. The Morgan fingerprint density at radius 2 is 1.90 bits per heavy atom. The molecular weight excluding hydrogens is 359 g/mol. The molecule has 0 radical (unpaired) electrons. The van der Waals surface area contributed by atoms with Gasteiger partial charge in [-0.05, 0) is 36.9 Å². The largest absolute Gasteiger partial charge is 0.316 e. The zero-order valence-corrected chi connectivity index (χ0v) is 13.6. The van der Waals surface area contributed by atoms with Crippen molar-refractivity contribution in [1.82, 2.24) is 5.32 Å². The van der Waals surface area contributed by atoms with Crippen molar-refractivity contribution < 1.29 is 12.8 Å². The summed E-state index contributed by atoms with van der Waals surface area (Å²) in [6.45, 7) is 0.401. The Morgan fingerprint density at radius 1 is 1.19 bits per heavy atom. The van der Waals surface area contributed by atoms with Gasteiger partial charge in [0.25, 0.3) is 10.0 Å². The molecule has 21 heavy (non-hydrogen) atoms. The van der Waals surface area contributed by atoms with E-state index in [1.54, 1.807) is 25.2 Å². The third-order valence-corrected chi connectivity index (χ3v) is 4.76. The summed E-state index contributed by atoms with van der Waals surface area (Å²) in [6.07, 6.45) is 0. The van der Waals surface area contributed by atoms with Crippen molar-refractivity contribution in [2.45, 2.75) is 11.4 Å². The molecular formula is C14H14BrFN2O2S. The van der Waals surface area contributed by atoms with E-state index in [-0.39, 0.29) is 10.6 Å². The van der Waals surface area contributed by atoms with Crippen LogP contribution < -0.4 is 10.0 Å². The average Bonchev–Trinajstić information content (AvgIpc) is 2.43. The van der Waals surface area contributed by atoms with Crippen LogP contribution in [0, 0.1) is 5.82 Å². The maximum atomic E-state index is 13.7. The second-order valence-corrected chi connectivity index (χ2v) is 6.93. The van der Waals surface area contributed by atoms with Crippen LogP contribution in [0.2, 0.25) is 0 Å². The molecule has 2 aromatic carbocycles. The Hall–Kier alpha value is -1.44. The summed E-state index contributed by atoms with van der Waals surface area (Å²) < 4.78 is 41.5. The highest BCUT2D eigenvalue weighted by Crippen LogP contribution is 2.24. The van der Waals surface area contributed by atoms with Crippen LogP contribution in [0.25, 0.3) is 0 Å². The lowest BCUT2D eigenvalue weighted by Crippen LogP contribution is -2.18. The van der Waals surface area contributed by atoms with Gasteiger partial charge in [-0.1, -0.05) is 34.1 Å². The number of hydrogen-bond donors (Lipinski definition) is 2. The Bertz CT molecular complexity index is 750. The quantitative estimate of drug-likeness (QED) is 0.847. The molecule has 0 saturated heterocycles. The van der Waals surface area contributed by atoms with Crippen molar-refractivity contribution >= 4 is 31.6 Å². The molecule has 0 spiro atoms. The summed E-state index contributed by atoms with van der Waals surface area (Å²) in [5, 5.41) is 2.91. The number of nitrogens with one attached hydrogen (secondary N) is 2. The van der Waals surface area contributed by atoms with Crippen molar-refractivity contribution in [3.63, 3.8) is 0 Å². The summed E-state index contributed by atoms with van der Waals surface area (Å²) in [6, 6.07) is 10.7. The second kappa shape index (κ2) is 6.55. The van der Waals surface area contributed by atoms with Crippen LogP contribution in [-0.4, -0.2) is 15.5 Å². The third kappa shape index (κ3) is 3.81. The summed E-state index contributed by atoms with van der Waals surface area (Å²) >= 11 is 3.19. The first-order valence-corrected chi connectivity index (χ1v) is 8.42. The highest BCUT2D eigenvalue weighted by atomic mass is 79.9. The van der Waals surface area contributed by atoms with Crippen LogP contribution in [0.4, 0.5) is 10.1 Å². The van der Waals surface area contributed by atoms with Gasteiger partial charge in [0.1, 0.15) is 5.82 Å². The Balaban J connectivity index is 2.41. The molecule has 112 valence electrons. The normalized spacial score (nSPS) is 11.4. The molecule has 4 nitrogen and oxygen atoms in total. The molecule has 2 N–H and O–H groups in total. The van der Waals surface area contributed by atoms with Crippen LogP contribution in [0.15, 0.2) is 51.8 Å². The van der Waals surface area contributed by atoms with Gasteiger partial charge in [-0.2, -0.15) is 0 Å². The third-order valence-electron chi connectivity index (χ3n) is 2.80. The van der Waals surface area contributed by atoms with Gasteiger partial charge in [0.05, 0.1) is 10.6 Å². The first kappa shape index (κ1) is 15.9. The van der Waals surface area contributed by atoms with Gasteiger partial charge in [-0.15, -0.1) is 0 Å². The van der Waals surface area contributed by atoms with E-state index >= 15 is 0 Å². The van der Waals surface area contributed by atoms with Crippen LogP contribution in [0.1, 0.15) is 5.56 Å². The van der Waals surface area contributed by atoms with Crippen LogP contribution in [-0.2, 0) is 16.6 Å². The minimum atomic E-state index is -3.86. The number of rotatable bonds is 5. The SMILES string of the molecule is CNCc1ccccc1S(=O)(=O)Nc1cc(Br)ccc1F. The van der Waals surface area contributed by atoms with E-state index in [0.717, 1.165) is 0 Å². The molecule has 0 saturated carbocycles. The van der Waals surface area contributed by atoms with Gasteiger partial charge in [0.15, 0.2) is 0 Å². The Kier molecular flexibility index (Phi) is 4.97. The zero-order valence-electron chi connectivity index (χ0n) is 11.2. The summed E-state index contributed by atoms with van der Waals surface area (Å²) in [5.74, 6) is -0.632. The van der Waals surface area contributed by atoms with Gasteiger partial charge in [-0.25, -0.2) is 12.8 Å². The maximum Gasteiger partial charge on any atom is 0.262 e. The second-order valence-electron chi connectivity index (χ2n) is 4.37. The lowest BCUT2D eigenvalue weighted by Gasteiger charge is -2.12. The summed E-state index contributed by atoms with van der Waals surface area (Å²) in [4.78, 5) is 0.124. The average molecular weight is 373 g/mol. The fourth-order valence-corrected chi connectivity index (χ4v) is 3.54. The van der Waals surface area contributed by atoms with Crippen molar-refractivity contribution in [1.29, 1.82) is 0 Å². The monoisotopic (exact) mass is 372 g/mol. The first-order valence-electron chi connectivity index (χ1n) is 6.14. The number of halogens is 2. The molecule has 0 aromatic heterocycles. The molecule has 0 fully saturated rings. The standard InChI is InChI=1S/C14H14BrFN2O2S/c1-17-9-10-4-2-3-5-14(10)21(19,20)18-13-8-11(15)6-7-12(13)16/h2-8,17-18H,9H2,1H3. The molecule has 0 aliphatic rings. The zero-order chi connectivity index (χ0) is 15.5. The Morgan fingerprint density at radius 3 is 2.62 bits per heavy atom. The van der Waals surface area contributed by atoms with Crippen LogP contribution >= 0.6 is 15.9 Å². The number of anilines is 1. The lowest BCUT2D eigenvalue weighted by atomic mass is 10.2. The number of hydrogen-bond acceptors (Lipinski definition) is 3. The molecule has 2 rings (SSSR count). The number of sulfonamides is 1. The fraction of sp³-hybridized carbons (Fsp3) is 0.143. The molecule has 0 aliphatic heterocycles. The van der Waals surface area contributed by atoms with Crippen molar-refractivity contribution in [2.24, 2.45) is 0 Å². The van der Waals surface area contributed by atoms with E-state index in [1.807, 2.05) is 0 Å². The minimum Gasteiger partial charge on any atom is -0.316 e. The van der Waals surface area contributed by atoms with E-state index in [9.17, 15) is 12.8 Å². The molecule has 2 aromatic rings. The van der Waals surface area contributed by atoms with E-state index in [2.05, 4.69) is 26.0 Å². The van der Waals surface area contributed by atoms with E-state index in [0.29, 0.717) is 16.6 Å². The van der Waals surface area contributed by atoms with Gasteiger partial charge in [0.2, 0.25) is 0 Å². The van der Waals surface area contributed by atoms with Gasteiger partial charge >= 0.3 is 0 Å². The minimum absolute atomic E-state index is 0.0939. The highest BCUT2D eigenvalue weighted by molar-refractivity contribution is 9.10. The van der Waals surface area contributed by atoms with E-state index < -0.39 is 15.8 Å². The maximum absolute atomic E-state index is 13.7. The molecule has 0 bridgehead atoms. The van der Waals surface area contributed by atoms with Crippen LogP contribution in [0.3, 0.4) is 0 Å². The van der Waals surface area contributed by atoms with E-state index in [4.69, 9.17) is 0 Å². The van der Waals surface area contributed by atoms with Crippen molar-refractivity contribution in [3.8, 4) is 0 Å². The number of benzene rings is 2. The predicted molar refractivity (Wildman–Crippen MR) is 84.1 cm³/mol. The molecule has 0 amide bonds. The summed E-state index contributed by atoms with van der Waals surface area (Å²) in [7, 11) is -2.13. The van der Waals surface area contributed by atoms with Gasteiger partial charge in [0, 0.05) is 11.0 Å². The fourth-order valence-electron chi connectivity index (χ4n) is 1.88. The molecule has 0 atom stereocenters. The molecule has 0 aliphatic carbocycles. The topological polar surface area (TPSA) is 58.2 Å². The van der Waals surface area contributed by atoms with Gasteiger partial charge in [-0.3, -0.25) is 4.72 Å². The first-order chi connectivity index (χ1) is 9.94. The summed E-state index contributed by atoms with van der Waals surface area (Å²) in [5.41, 5.74) is 0.520.